The van der Waals surface area contributed by atoms with Crippen LogP contribution in [0.3, 0.4) is 0 Å². The predicted octanol–water partition coefficient (Wildman–Crippen LogP) is 6.46. The zero-order chi connectivity index (χ0) is 31.4. The van der Waals surface area contributed by atoms with Gasteiger partial charge in [-0.05, 0) is 39.5 Å². The number of rotatable bonds is 31. The highest BCUT2D eigenvalue weighted by molar-refractivity contribution is 8.76. The van der Waals surface area contributed by atoms with Gasteiger partial charge in [-0.1, -0.05) is 111 Å². The molecule has 0 fully saturated rings. The van der Waals surface area contributed by atoms with Gasteiger partial charge in [0.25, 0.3) is 0 Å². The summed E-state index contributed by atoms with van der Waals surface area (Å²) in [6.45, 7) is 2.11. The van der Waals surface area contributed by atoms with Crippen LogP contribution in [0.5, 0.6) is 0 Å². The molecule has 0 spiro atoms. The first kappa shape index (κ1) is 41.5. The van der Waals surface area contributed by atoms with Gasteiger partial charge in [-0.2, -0.15) is 0 Å². The molecule has 0 aliphatic carbocycles. The molecule has 0 aromatic heterocycles. The van der Waals surface area contributed by atoms with Gasteiger partial charge in [0.15, 0.2) is 0 Å². The number of unbranched alkanes of at least 4 members (excludes halogenated alkanes) is 16. The summed E-state index contributed by atoms with van der Waals surface area (Å²) in [6, 6.07) is 0. The van der Waals surface area contributed by atoms with Crippen LogP contribution in [0.25, 0.3) is 0 Å². The fourth-order valence-electron chi connectivity index (χ4n) is 4.16. The van der Waals surface area contributed by atoms with Gasteiger partial charge in [0.1, 0.15) is 10.8 Å². The molecular weight excluding hydrogens is 576 g/mol. The van der Waals surface area contributed by atoms with Crippen molar-refractivity contribution in [2.45, 2.75) is 129 Å². The minimum atomic E-state index is -1.20. The van der Waals surface area contributed by atoms with Crippen molar-refractivity contribution in [3.05, 3.63) is 0 Å². The lowest BCUT2D eigenvalue weighted by Crippen LogP contribution is -2.37. The molecule has 0 aromatic rings. The molecule has 0 atom stereocenters. The molecule has 0 aliphatic heterocycles. The van der Waals surface area contributed by atoms with Crippen LogP contribution in [0.1, 0.15) is 129 Å². The largest absolute Gasteiger partial charge is 0.465 e. The lowest BCUT2D eigenvalue weighted by molar-refractivity contribution is -0.161. The molecular formula is C32H62O8S2. The normalized spacial score (nSPS) is 12.0. The number of ether oxygens (including phenoxy) is 2. The van der Waals surface area contributed by atoms with Crippen LogP contribution in [0, 0.1) is 10.8 Å². The lowest BCUT2D eigenvalue weighted by Gasteiger charge is -2.22. The number of carbonyl (C=O) groups excluding carboxylic acids is 2. The predicted molar refractivity (Wildman–Crippen MR) is 174 cm³/mol. The fraction of sp³-hybridized carbons (Fsp3) is 0.938. The van der Waals surface area contributed by atoms with Crippen molar-refractivity contribution in [3.63, 3.8) is 0 Å². The molecule has 8 nitrogen and oxygen atoms in total. The quantitative estimate of drug-likeness (QED) is 0.0381. The smallest absolute Gasteiger partial charge is 0.316 e. The van der Waals surface area contributed by atoms with Crippen LogP contribution >= 0.6 is 21.6 Å². The van der Waals surface area contributed by atoms with Crippen molar-refractivity contribution in [3.8, 4) is 0 Å². The average molecular weight is 639 g/mol. The third-order valence-electron chi connectivity index (χ3n) is 7.68. The van der Waals surface area contributed by atoms with Gasteiger partial charge in [-0.3, -0.25) is 9.59 Å². The van der Waals surface area contributed by atoms with Gasteiger partial charge in [0, 0.05) is 11.5 Å². The second kappa shape index (κ2) is 28.0. The Labute approximate surface area is 263 Å². The maximum atomic E-state index is 11.8. The summed E-state index contributed by atoms with van der Waals surface area (Å²) < 4.78 is 10.3. The van der Waals surface area contributed by atoms with E-state index in [4.69, 9.17) is 9.47 Å². The van der Waals surface area contributed by atoms with Crippen LogP contribution in [0.4, 0.5) is 0 Å². The van der Waals surface area contributed by atoms with Gasteiger partial charge in [0.05, 0.1) is 39.6 Å². The third-order valence-corrected chi connectivity index (χ3v) is 10.3. The maximum absolute atomic E-state index is 11.8. The fourth-order valence-corrected chi connectivity index (χ4v) is 6.45. The summed E-state index contributed by atoms with van der Waals surface area (Å²) in [5.74, 6) is 1.45. The van der Waals surface area contributed by atoms with Crippen molar-refractivity contribution < 1.29 is 39.5 Å². The first-order valence-corrected chi connectivity index (χ1v) is 18.8. The average Bonchev–Trinajstić information content (AvgIpc) is 3.01. The number of aliphatic hydroxyl groups excluding tert-OH is 4. The van der Waals surface area contributed by atoms with Crippen LogP contribution in [0.2, 0.25) is 0 Å². The van der Waals surface area contributed by atoms with E-state index in [-0.39, 0.29) is 0 Å². The Morgan fingerprint density at radius 3 is 0.952 bits per heavy atom. The Hall–Kier alpha value is -0.520. The van der Waals surface area contributed by atoms with Crippen molar-refractivity contribution in [1.82, 2.24) is 0 Å². The molecule has 42 heavy (non-hydrogen) atoms. The lowest BCUT2D eigenvalue weighted by atomic mass is 9.93. The van der Waals surface area contributed by atoms with Crippen LogP contribution in [-0.4, -0.2) is 83.5 Å². The van der Waals surface area contributed by atoms with E-state index in [1.165, 1.54) is 102 Å². The van der Waals surface area contributed by atoms with Crippen molar-refractivity contribution in [1.29, 1.82) is 0 Å². The number of esters is 2. The van der Waals surface area contributed by atoms with Crippen LogP contribution in [-0.2, 0) is 19.1 Å². The molecule has 0 bridgehead atoms. The van der Waals surface area contributed by atoms with E-state index in [2.05, 4.69) is 0 Å². The van der Waals surface area contributed by atoms with Crippen LogP contribution < -0.4 is 0 Å². The van der Waals surface area contributed by atoms with Crippen LogP contribution in [0.15, 0.2) is 0 Å². The summed E-state index contributed by atoms with van der Waals surface area (Å²) in [5.41, 5.74) is -2.39. The van der Waals surface area contributed by atoms with Gasteiger partial charge < -0.3 is 29.9 Å². The summed E-state index contributed by atoms with van der Waals surface area (Å²) in [4.78, 5) is 23.7. The highest BCUT2D eigenvalue weighted by Gasteiger charge is 2.34. The topological polar surface area (TPSA) is 134 Å². The first-order valence-electron chi connectivity index (χ1n) is 16.3. The minimum absolute atomic E-state index is 0.357. The Kier molecular flexibility index (Phi) is 27.6. The van der Waals surface area contributed by atoms with E-state index >= 15 is 0 Å². The second-order valence-corrected chi connectivity index (χ2v) is 14.7. The Morgan fingerprint density at radius 2 is 0.690 bits per heavy atom. The Morgan fingerprint density at radius 1 is 0.452 bits per heavy atom. The standard InChI is InChI=1S/C32H62O8S2/c1-31(25-33,26-34)29(37)39-21-17-13-9-5-3-7-11-15-19-23-41-42-24-20-16-12-8-4-6-10-14-18-22-40-30(38)32(2,27-35)28-36/h33-36H,3-28H2,1-2H3. The van der Waals surface area contributed by atoms with E-state index in [0.717, 1.165) is 38.5 Å². The zero-order valence-corrected chi connectivity index (χ0v) is 28.3. The molecule has 0 aromatic carbocycles. The molecule has 0 amide bonds. The first-order chi connectivity index (χ1) is 20.3. The van der Waals surface area contributed by atoms with E-state index < -0.39 is 49.2 Å². The van der Waals surface area contributed by atoms with Crippen molar-refractivity contribution >= 4 is 33.5 Å². The molecule has 0 rings (SSSR count). The monoisotopic (exact) mass is 638 g/mol. The minimum Gasteiger partial charge on any atom is -0.465 e. The van der Waals surface area contributed by atoms with E-state index in [1.807, 2.05) is 21.6 Å². The third kappa shape index (κ3) is 21.2. The molecule has 0 heterocycles. The molecule has 4 N–H and O–H groups in total. The molecule has 10 heteroatoms. The molecule has 0 radical (unpaired) electrons. The summed E-state index contributed by atoms with van der Waals surface area (Å²) in [6.07, 6.45) is 21.5. The molecule has 0 aliphatic rings. The van der Waals surface area contributed by atoms with E-state index in [1.54, 1.807) is 0 Å². The summed E-state index contributed by atoms with van der Waals surface area (Å²) in [7, 11) is 4.05. The number of hydrogen-bond donors (Lipinski definition) is 4. The molecule has 0 saturated heterocycles. The van der Waals surface area contributed by atoms with E-state index in [9.17, 15) is 30.0 Å². The Balaban J connectivity index is 3.27. The molecule has 0 unspecified atom stereocenters. The van der Waals surface area contributed by atoms with Gasteiger partial charge in [0.2, 0.25) is 0 Å². The van der Waals surface area contributed by atoms with Gasteiger partial charge in [-0.15, -0.1) is 0 Å². The highest BCUT2D eigenvalue weighted by atomic mass is 33.1. The zero-order valence-electron chi connectivity index (χ0n) is 26.6. The summed E-state index contributed by atoms with van der Waals surface area (Å²) in [5, 5.41) is 36.8. The Bertz CT molecular complexity index is 588. The van der Waals surface area contributed by atoms with Gasteiger partial charge in [-0.25, -0.2) is 0 Å². The van der Waals surface area contributed by atoms with E-state index in [0.29, 0.717) is 13.2 Å². The SMILES string of the molecule is CC(CO)(CO)C(=O)OCCCCCCCCCCCSSCCCCCCCCCCCOC(=O)C(C)(CO)CO. The number of carbonyl (C=O) groups is 2. The molecule has 0 saturated carbocycles. The number of hydrogen-bond acceptors (Lipinski definition) is 10. The second-order valence-electron chi connectivity index (χ2n) is 12.0. The number of aliphatic hydroxyl groups is 4. The van der Waals surface area contributed by atoms with Crippen molar-refractivity contribution in [2.75, 3.05) is 51.1 Å². The highest BCUT2D eigenvalue weighted by Crippen LogP contribution is 2.25. The van der Waals surface area contributed by atoms with Gasteiger partial charge >= 0.3 is 11.9 Å². The maximum Gasteiger partial charge on any atom is 0.316 e. The summed E-state index contributed by atoms with van der Waals surface area (Å²) >= 11 is 0. The molecule has 250 valence electrons. The van der Waals surface area contributed by atoms with Crippen molar-refractivity contribution in [2.24, 2.45) is 10.8 Å².